The second kappa shape index (κ2) is 12.3. The number of carbonyl (C=O) groups excluding carboxylic acids is 2. The van der Waals surface area contributed by atoms with Gasteiger partial charge < -0.3 is 19.5 Å². The molecule has 0 atom stereocenters. The van der Waals surface area contributed by atoms with Crippen LogP contribution in [0.4, 0.5) is 5.69 Å². The zero-order valence-corrected chi connectivity index (χ0v) is 22.5. The maximum absolute atomic E-state index is 13.6. The minimum atomic E-state index is -4.27. The predicted octanol–water partition coefficient (Wildman–Crippen LogP) is 4.63. The van der Waals surface area contributed by atoms with Crippen LogP contribution >= 0.6 is 23.2 Å². The van der Waals surface area contributed by atoms with Crippen LogP contribution in [0, 0.1) is 0 Å². The number of benzene rings is 3. The molecule has 0 radical (unpaired) electrons. The number of esters is 1. The van der Waals surface area contributed by atoms with Crippen molar-refractivity contribution in [3.63, 3.8) is 0 Å². The molecule has 3 aromatic carbocycles. The molecule has 1 N–H and O–H groups in total. The van der Waals surface area contributed by atoms with Crippen molar-refractivity contribution in [3.8, 4) is 11.5 Å². The summed E-state index contributed by atoms with van der Waals surface area (Å²) < 4.78 is 43.4. The molecule has 0 aliphatic rings. The molecule has 0 aliphatic carbocycles. The third kappa shape index (κ3) is 6.72. The summed E-state index contributed by atoms with van der Waals surface area (Å²) in [6.07, 6.45) is 0. The lowest BCUT2D eigenvalue weighted by Crippen LogP contribution is -2.38. The first kappa shape index (κ1) is 28.3. The summed E-state index contributed by atoms with van der Waals surface area (Å²) in [4.78, 5) is 25.3. The van der Waals surface area contributed by atoms with Crippen molar-refractivity contribution in [2.75, 3.05) is 33.2 Å². The quantitative estimate of drug-likeness (QED) is 0.356. The van der Waals surface area contributed by atoms with Crippen LogP contribution in [0.3, 0.4) is 0 Å². The fraction of sp³-hybridized carbons (Fsp3) is 0.200. The Kier molecular flexibility index (Phi) is 9.39. The highest BCUT2D eigenvalue weighted by Gasteiger charge is 2.30. The largest absolute Gasteiger partial charge is 0.493 e. The van der Waals surface area contributed by atoms with Crippen molar-refractivity contribution in [1.82, 2.24) is 4.31 Å². The number of hydrogen-bond acceptors (Lipinski definition) is 7. The summed E-state index contributed by atoms with van der Waals surface area (Å²) in [7, 11) is -0.300. The molecule has 0 aliphatic heterocycles. The Balaban J connectivity index is 1.99. The number of ether oxygens (including phenoxy) is 3. The maximum atomic E-state index is 13.6. The van der Waals surface area contributed by atoms with E-state index in [1.54, 1.807) is 30.3 Å². The minimum Gasteiger partial charge on any atom is -0.493 e. The molecule has 0 heterocycles. The van der Waals surface area contributed by atoms with Crippen molar-refractivity contribution in [2.45, 2.75) is 11.4 Å². The van der Waals surface area contributed by atoms with Crippen molar-refractivity contribution in [1.29, 1.82) is 0 Å². The van der Waals surface area contributed by atoms with Crippen LogP contribution in [0.25, 0.3) is 0 Å². The van der Waals surface area contributed by atoms with E-state index in [1.165, 1.54) is 51.7 Å². The zero-order chi connectivity index (χ0) is 27.2. The van der Waals surface area contributed by atoms with E-state index in [2.05, 4.69) is 5.32 Å². The van der Waals surface area contributed by atoms with E-state index in [-0.39, 0.29) is 44.2 Å². The topological polar surface area (TPSA) is 111 Å². The molecular formula is C25H24Cl2N2O7S. The fourth-order valence-corrected chi connectivity index (χ4v) is 5.56. The first-order valence-corrected chi connectivity index (χ1v) is 12.9. The molecule has 0 bridgehead atoms. The van der Waals surface area contributed by atoms with Gasteiger partial charge in [0, 0.05) is 23.7 Å². The summed E-state index contributed by atoms with van der Waals surface area (Å²) in [6, 6.07) is 15.5. The lowest BCUT2D eigenvalue weighted by Gasteiger charge is -2.23. The summed E-state index contributed by atoms with van der Waals surface area (Å²) in [5.74, 6) is -0.986. The summed E-state index contributed by atoms with van der Waals surface area (Å²) in [5, 5.41) is 2.70. The first-order valence-electron chi connectivity index (χ1n) is 10.7. The highest BCUT2D eigenvalue weighted by atomic mass is 35.5. The number of rotatable bonds is 10. The highest BCUT2D eigenvalue weighted by molar-refractivity contribution is 7.89. The summed E-state index contributed by atoms with van der Waals surface area (Å²) >= 11 is 12.2. The minimum absolute atomic E-state index is 0.0103. The third-order valence-electron chi connectivity index (χ3n) is 5.24. The lowest BCUT2D eigenvalue weighted by atomic mass is 10.1. The van der Waals surface area contributed by atoms with Crippen LogP contribution in [0.1, 0.15) is 15.9 Å². The molecule has 0 fully saturated rings. The van der Waals surface area contributed by atoms with E-state index >= 15 is 0 Å². The number of anilines is 1. The van der Waals surface area contributed by atoms with Gasteiger partial charge in [-0.25, -0.2) is 13.2 Å². The number of sulfonamides is 1. The highest BCUT2D eigenvalue weighted by Crippen LogP contribution is 2.34. The molecule has 9 nitrogen and oxygen atoms in total. The molecule has 196 valence electrons. The van der Waals surface area contributed by atoms with Crippen molar-refractivity contribution in [2.24, 2.45) is 0 Å². The van der Waals surface area contributed by atoms with Gasteiger partial charge in [-0.15, -0.1) is 0 Å². The van der Waals surface area contributed by atoms with E-state index in [0.717, 1.165) is 4.31 Å². The van der Waals surface area contributed by atoms with Crippen molar-refractivity contribution >= 4 is 50.8 Å². The molecule has 3 rings (SSSR count). The second-order valence-electron chi connectivity index (χ2n) is 7.63. The number of nitrogens with one attached hydrogen (secondary N) is 1. The number of halogens is 2. The maximum Gasteiger partial charge on any atom is 0.340 e. The smallest absolute Gasteiger partial charge is 0.340 e. The Morgan fingerprint density at radius 2 is 1.57 bits per heavy atom. The number of hydrogen-bond donors (Lipinski definition) is 1. The van der Waals surface area contributed by atoms with Crippen LogP contribution < -0.4 is 14.8 Å². The van der Waals surface area contributed by atoms with Gasteiger partial charge in [-0.3, -0.25) is 4.79 Å². The van der Waals surface area contributed by atoms with Gasteiger partial charge in [-0.05, 0) is 23.8 Å². The third-order valence-corrected chi connectivity index (χ3v) is 7.74. The lowest BCUT2D eigenvalue weighted by molar-refractivity contribution is -0.116. The Labute approximate surface area is 224 Å². The van der Waals surface area contributed by atoms with Crippen LogP contribution in [0.5, 0.6) is 11.5 Å². The Morgan fingerprint density at radius 1 is 0.919 bits per heavy atom. The second-order valence-corrected chi connectivity index (χ2v) is 10.4. The monoisotopic (exact) mass is 566 g/mol. The van der Waals surface area contributed by atoms with Crippen LogP contribution in [-0.4, -0.2) is 52.5 Å². The molecule has 37 heavy (non-hydrogen) atoms. The Hall–Kier alpha value is -3.31. The van der Waals surface area contributed by atoms with Gasteiger partial charge in [-0.2, -0.15) is 4.31 Å². The molecular weight excluding hydrogens is 543 g/mol. The first-order chi connectivity index (χ1) is 17.6. The zero-order valence-electron chi connectivity index (χ0n) is 20.2. The average molecular weight is 567 g/mol. The SMILES string of the molecule is COC(=O)c1cc(OC)c(OC)cc1NC(=O)CN(Cc1ccccc1)S(=O)(=O)c1cc(Cl)ccc1Cl. The molecule has 0 aromatic heterocycles. The predicted molar refractivity (Wildman–Crippen MR) is 140 cm³/mol. The van der Waals surface area contributed by atoms with E-state index in [0.29, 0.717) is 5.56 Å². The van der Waals surface area contributed by atoms with Crippen LogP contribution in [0.15, 0.2) is 65.6 Å². The van der Waals surface area contributed by atoms with Crippen LogP contribution in [-0.2, 0) is 26.1 Å². The fourth-order valence-electron chi connectivity index (χ4n) is 3.44. The number of carbonyl (C=O) groups is 2. The molecule has 0 spiro atoms. The van der Waals surface area contributed by atoms with Gasteiger partial charge in [-0.1, -0.05) is 53.5 Å². The van der Waals surface area contributed by atoms with Crippen molar-refractivity contribution < 1.29 is 32.2 Å². The Morgan fingerprint density at radius 3 is 2.19 bits per heavy atom. The average Bonchev–Trinajstić information content (AvgIpc) is 2.89. The van der Waals surface area contributed by atoms with Gasteiger partial charge in [0.2, 0.25) is 15.9 Å². The number of methoxy groups -OCH3 is 3. The molecule has 12 heteroatoms. The molecule has 0 saturated carbocycles. The Bertz CT molecular complexity index is 1400. The molecule has 3 aromatic rings. The molecule has 0 saturated heterocycles. The number of amides is 1. The summed E-state index contributed by atoms with van der Waals surface area (Å²) in [5.41, 5.74) is 0.676. The molecule has 0 unspecified atom stereocenters. The van der Waals surface area contributed by atoms with E-state index in [9.17, 15) is 18.0 Å². The van der Waals surface area contributed by atoms with Gasteiger partial charge in [0.15, 0.2) is 11.5 Å². The van der Waals surface area contributed by atoms with Crippen LogP contribution in [0.2, 0.25) is 10.0 Å². The summed E-state index contributed by atoms with van der Waals surface area (Å²) in [6.45, 7) is -0.732. The standard InChI is InChI=1S/C25H24Cl2N2O7S/c1-34-21-12-18(25(31)36-3)20(13-22(21)35-2)28-24(30)15-29(14-16-7-5-4-6-8-16)37(32,33)23-11-17(26)9-10-19(23)27/h4-13H,14-15H2,1-3H3,(H,28,30). The van der Waals surface area contributed by atoms with Gasteiger partial charge >= 0.3 is 5.97 Å². The van der Waals surface area contributed by atoms with E-state index < -0.39 is 28.4 Å². The normalized spacial score (nSPS) is 11.2. The molecule has 1 amide bonds. The van der Waals surface area contributed by atoms with Gasteiger partial charge in [0.25, 0.3) is 0 Å². The van der Waals surface area contributed by atoms with Crippen molar-refractivity contribution in [3.05, 3.63) is 81.8 Å². The van der Waals surface area contributed by atoms with E-state index in [1.807, 2.05) is 0 Å². The van der Waals surface area contributed by atoms with E-state index in [4.69, 9.17) is 37.4 Å². The number of nitrogens with zero attached hydrogens (tertiary/aromatic N) is 1. The van der Waals surface area contributed by atoms with Gasteiger partial charge in [0.1, 0.15) is 4.90 Å². The van der Waals surface area contributed by atoms with Gasteiger partial charge in [0.05, 0.1) is 44.1 Å².